The average molecular weight is 343 g/mol. The van der Waals surface area contributed by atoms with Crippen molar-refractivity contribution in [3.05, 3.63) is 28.2 Å². The zero-order valence-corrected chi connectivity index (χ0v) is 14.4. The van der Waals surface area contributed by atoms with Crippen molar-refractivity contribution in [1.82, 2.24) is 5.32 Å². The predicted molar refractivity (Wildman–Crippen MR) is 90.3 cm³/mol. The Balaban J connectivity index is 2.22. The number of rotatable bonds is 4. The van der Waals surface area contributed by atoms with E-state index in [9.17, 15) is 0 Å². The van der Waals surface area contributed by atoms with Gasteiger partial charge < -0.3 is 10.2 Å². The first-order valence-corrected chi connectivity index (χ1v) is 8.68. The van der Waals surface area contributed by atoms with E-state index in [2.05, 4.69) is 76.9 Å². The maximum atomic E-state index is 3.58. The number of nitrogens with one attached hydrogen (secondary N) is 1. The van der Waals surface area contributed by atoms with E-state index in [-0.39, 0.29) is 0 Å². The maximum absolute atomic E-state index is 3.58. The molecule has 2 nitrogen and oxygen atoms in total. The third-order valence-electron chi connectivity index (χ3n) is 3.37. The van der Waals surface area contributed by atoms with Crippen LogP contribution < -0.4 is 10.2 Å². The molecular formula is C15H23BrN2S. The maximum Gasteiger partial charge on any atom is 0.0413 e. The Morgan fingerprint density at radius 2 is 2.21 bits per heavy atom. The lowest BCUT2D eigenvalue weighted by atomic mass is 10.1. The highest BCUT2D eigenvalue weighted by molar-refractivity contribution is 9.10. The van der Waals surface area contributed by atoms with E-state index in [1.54, 1.807) is 0 Å². The van der Waals surface area contributed by atoms with E-state index in [0.717, 1.165) is 30.7 Å². The van der Waals surface area contributed by atoms with Crippen molar-refractivity contribution in [2.24, 2.45) is 0 Å². The number of hydrogen-bond donors (Lipinski definition) is 1. The summed E-state index contributed by atoms with van der Waals surface area (Å²) in [7, 11) is 0. The van der Waals surface area contributed by atoms with Gasteiger partial charge in [-0.15, -0.1) is 0 Å². The number of benzene rings is 1. The molecule has 1 aliphatic heterocycles. The number of hydrogen-bond acceptors (Lipinski definition) is 3. The summed E-state index contributed by atoms with van der Waals surface area (Å²) in [6.45, 7) is 11.0. The molecular weight excluding hydrogens is 320 g/mol. The highest BCUT2D eigenvalue weighted by atomic mass is 79.9. The van der Waals surface area contributed by atoms with Crippen LogP contribution in [0.4, 0.5) is 5.69 Å². The molecule has 4 heteroatoms. The van der Waals surface area contributed by atoms with Gasteiger partial charge in [0.05, 0.1) is 0 Å². The fraction of sp³-hybridized carbons (Fsp3) is 0.600. The van der Waals surface area contributed by atoms with Crippen molar-refractivity contribution in [3.63, 3.8) is 0 Å². The van der Waals surface area contributed by atoms with Crippen molar-refractivity contribution in [2.75, 3.05) is 30.3 Å². The SMILES string of the molecule is CCNCc1cc(Br)ccc1N1CCSC(C)(C)C1. The van der Waals surface area contributed by atoms with E-state index in [0.29, 0.717) is 4.75 Å². The Hall–Kier alpha value is -0.190. The predicted octanol–water partition coefficient (Wildman–Crippen LogP) is 3.89. The minimum Gasteiger partial charge on any atom is -0.369 e. The minimum atomic E-state index is 0.348. The quantitative estimate of drug-likeness (QED) is 0.893. The van der Waals surface area contributed by atoms with Gasteiger partial charge in [-0.3, -0.25) is 0 Å². The number of thioether (sulfide) groups is 1. The molecule has 0 aliphatic carbocycles. The Bertz CT molecular complexity index is 434. The molecule has 0 aromatic heterocycles. The highest BCUT2D eigenvalue weighted by Crippen LogP contribution is 2.34. The van der Waals surface area contributed by atoms with Crippen molar-refractivity contribution in [1.29, 1.82) is 0 Å². The molecule has 0 saturated carbocycles. The Morgan fingerprint density at radius 3 is 2.89 bits per heavy atom. The Kier molecular flexibility index (Phi) is 5.21. The molecule has 0 radical (unpaired) electrons. The van der Waals surface area contributed by atoms with Crippen LogP contribution in [0.15, 0.2) is 22.7 Å². The molecule has 1 saturated heterocycles. The van der Waals surface area contributed by atoms with Gasteiger partial charge in [-0.1, -0.05) is 22.9 Å². The fourth-order valence-electron chi connectivity index (χ4n) is 2.49. The van der Waals surface area contributed by atoms with Gasteiger partial charge in [0.2, 0.25) is 0 Å². The van der Waals surface area contributed by atoms with Crippen LogP contribution in [0.2, 0.25) is 0 Å². The van der Waals surface area contributed by atoms with E-state index >= 15 is 0 Å². The second kappa shape index (κ2) is 6.51. The van der Waals surface area contributed by atoms with Crippen LogP contribution >= 0.6 is 27.7 Å². The number of halogens is 1. The molecule has 1 aliphatic rings. The van der Waals surface area contributed by atoms with Gasteiger partial charge in [0.1, 0.15) is 0 Å². The Labute approximate surface area is 129 Å². The van der Waals surface area contributed by atoms with Crippen molar-refractivity contribution in [2.45, 2.75) is 32.1 Å². The molecule has 1 fully saturated rings. The summed E-state index contributed by atoms with van der Waals surface area (Å²) < 4.78 is 1.51. The summed E-state index contributed by atoms with van der Waals surface area (Å²) in [5.41, 5.74) is 2.77. The second-order valence-corrected chi connectivity index (χ2v) is 8.30. The lowest BCUT2D eigenvalue weighted by Gasteiger charge is -2.39. The van der Waals surface area contributed by atoms with Crippen molar-refractivity contribution in [3.8, 4) is 0 Å². The van der Waals surface area contributed by atoms with Gasteiger partial charge in [0.25, 0.3) is 0 Å². The fourth-order valence-corrected chi connectivity index (χ4v) is 4.01. The molecule has 19 heavy (non-hydrogen) atoms. The smallest absolute Gasteiger partial charge is 0.0413 e. The summed E-state index contributed by atoms with van der Waals surface area (Å²) in [4.78, 5) is 2.54. The molecule has 0 unspecified atom stereocenters. The average Bonchev–Trinajstić information content (AvgIpc) is 2.35. The van der Waals surface area contributed by atoms with E-state index in [1.165, 1.54) is 17.0 Å². The van der Waals surface area contributed by atoms with Crippen LogP contribution in [0.1, 0.15) is 26.3 Å². The minimum absolute atomic E-state index is 0.348. The molecule has 0 atom stereocenters. The van der Waals surface area contributed by atoms with Gasteiger partial charge in [0, 0.05) is 40.3 Å². The van der Waals surface area contributed by atoms with Crippen molar-refractivity contribution < 1.29 is 0 Å². The molecule has 1 heterocycles. The van der Waals surface area contributed by atoms with Crippen LogP contribution in [0.25, 0.3) is 0 Å². The van der Waals surface area contributed by atoms with Gasteiger partial charge in [-0.25, -0.2) is 0 Å². The molecule has 106 valence electrons. The lowest BCUT2D eigenvalue weighted by molar-refractivity contribution is 0.641. The summed E-state index contributed by atoms with van der Waals surface area (Å²) in [6, 6.07) is 6.65. The molecule has 0 spiro atoms. The first-order valence-electron chi connectivity index (χ1n) is 6.90. The van der Waals surface area contributed by atoms with Crippen molar-refractivity contribution >= 4 is 33.4 Å². The first kappa shape index (κ1) is 15.2. The van der Waals surface area contributed by atoms with Crippen LogP contribution in [-0.2, 0) is 6.54 Å². The zero-order valence-electron chi connectivity index (χ0n) is 12.0. The number of anilines is 1. The Morgan fingerprint density at radius 1 is 1.42 bits per heavy atom. The largest absolute Gasteiger partial charge is 0.369 e. The molecule has 1 aromatic carbocycles. The molecule has 0 bridgehead atoms. The third-order valence-corrected chi connectivity index (χ3v) is 5.16. The summed E-state index contributed by atoms with van der Waals surface area (Å²) in [5, 5.41) is 3.44. The molecule has 2 rings (SSSR count). The van der Waals surface area contributed by atoms with Gasteiger partial charge in [0.15, 0.2) is 0 Å². The lowest BCUT2D eigenvalue weighted by Crippen LogP contribution is -2.43. The number of nitrogens with zero attached hydrogens (tertiary/aromatic N) is 1. The van der Waals surface area contributed by atoms with Gasteiger partial charge in [-0.2, -0.15) is 11.8 Å². The monoisotopic (exact) mass is 342 g/mol. The standard InChI is InChI=1S/C15H23BrN2S/c1-4-17-10-12-9-13(16)5-6-14(12)18-7-8-19-15(2,3)11-18/h5-6,9,17H,4,7-8,10-11H2,1-3H3. The summed E-state index contributed by atoms with van der Waals surface area (Å²) >= 11 is 5.66. The highest BCUT2D eigenvalue weighted by Gasteiger charge is 2.28. The van der Waals surface area contributed by atoms with Gasteiger partial charge >= 0.3 is 0 Å². The summed E-state index contributed by atoms with van der Waals surface area (Å²) in [5.74, 6) is 1.21. The van der Waals surface area contributed by atoms with E-state index in [4.69, 9.17) is 0 Å². The van der Waals surface area contributed by atoms with Crippen LogP contribution in [0.3, 0.4) is 0 Å². The zero-order chi connectivity index (χ0) is 13.9. The van der Waals surface area contributed by atoms with Crippen LogP contribution in [0.5, 0.6) is 0 Å². The molecule has 0 amide bonds. The van der Waals surface area contributed by atoms with E-state index < -0.39 is 0 Å². The summed E-state index contributed by atoms with van der Waals surface area (Å²) in [6.07, 6.45) is 0. The third kappa shape index (κ3) is 4.14. The molecule has 1 N–H and O–H groups in total. The van der Waals surface area contributed by atoms with Crippen LogP contribution in [0, 0.1) is 0 Å². The molecule has 1 aromatic rings. The van der Waals surface area contributed by atoms with Gasteiger partial charge in [-0.05, 0) is 44.2 Å². The normalized spacial score (nSPS) is 18.6. The second-order valence-electron chi connectivity index (χ2n) is 5.58. The van der Waals surface area contributed by atoms with E-state index in [1.807, 2.05) is 0 Å². The topological polar surface area (TPSA) is 15.3 Å². The first-order chi connectivity index (χ1) is 9.02. The van der Waals surface area contributed by atoms with Crippen LogP contribution in [-0.4, -0.2) is 30.1 Å².